The average Bonchev–Trinajstić information content (AvgIpc) is 3.51. The van der Waals surface area contributed by atoms with Crippen LogP contribution >= 0.6 is 0 Å². The summed E-state index contributed by atoms with van der Waals surface area (Å²) < 4.78 is 26.4. The van der Waals surface area contributed by atoms with Crippen molar-refractivity contribution in [2.75, 3.05) is 18.2 Å². The van der Waals surface area contributed by atoms with E-state index < -0.39 is 17.8 Å². The maximum absolute atomic E-state index is 13.9. The zero-order chi connectivity index (χ0) is 22.2. The number of rotatable bonds is 5. The van der Waals surface area contributed by atoms with E-state index in [-0.39, 0.29) is 31.6 Å². The van der Waals surface area contributed by atoms with Crippen molar-refractivity contribution in [2.24, 2.45) is 13.0 Å². The molecule has 1 fully saturated rings. The van der Waals surface area contributed by atoms with Gasteiger partial charge >= 0.3 is 0 Å². The molecule has 1 saturated heterocycles. The summed E-state index contributed by atoms with van der Waals surface area (Å²) in [6.45, 7) is 0.382. The van der Waals surface area contributed by atoms with E-state index >= 15 is 0 Å². The quantitative estimate of drug-likeness (QED) is 0.665. The summed E-state index contributed by atoms with van der Waals surface area (Å²) in [5.41, 5.74) is 1.23. The van der Waals surface area contributed by atoms with E-state index in [2.05, 4.69) is 10.3 Å². The highest BCUT2D eigenvalue weighted by Crippen LogP contribution is 2.37. The van der Waals surface area contributed by atoms with E-state index in [0.29, 0.717) is 28.6 Å². The van der Waals surface area contributed by atoms with Crippen molar-refractivity contribution in [1.29, 1.82) is 0 Å². The fraction of sp³-hybridized carbons (Fsp3) is 0.261. The van der Waals surface area contributed by atoms with E-state index in [1.165, 1.54) is 12.1 Å². The van der Waals surface area contributed by atoms with Crippen molar-refractivity contribution >= 4 is 17.5 Å². The highest BCUT2D eigenvalue weighted by atomic mass is 19.1. The number of hydrogen-bond donors (Lipinski definition) is 1. The number of aromatic nitrogens is 2. The van der Waals surface area contributed by atoms with Crippen LogP contribution in [0.2, 0.25) is 0 Å². The molecule has 9 heteroatoms. The van der Waals surface area contributed by atoms with Crippen molar-refractivity contribution in [2.45, 2.75) is 12.5 Å². The summed E-state index contributed by atoms with van der Waals surface area (Å²) >= 11 is 0. The fourth-order valence-corrected chi connectivity index (χ4v) is 4.08. The van der Waals surface area contributed by atoms with Crippen LogP contribution < -0.4 is 19.7 Å². The minimum Gasteiger partial charge on any atom is -0.454 e. The van der Waals surface area contributed by atoms with Crippen molar-refractivity contribution in [3.8, 4) is 11.5 Å². The lowest BCUT2D eigenvalue weighted by Gasteiger charge is -2.21. The van der Waals surface area contributed by atoms with Crippen molar-refractivity contribution in [3.63, 3.8) is 0 Å². The first-order chi connectivity index (χ1) is 15.5. The average molecular weight is 436 g/mol. The van der Waals surface area contributed by atoms with Gasteiger partial charge in [0.05, 0.1) is 5.92 Å². The molecule has 1 aromatic heterocycles. The summed E-state index contributed by atoms with van der Waals surface area (Å²) in [4.78, 5) is 31.8. The van der Waals surface area contributed by atoms with E-state index in [9.17, 15) is 14.0 Å². The number of nitrogens with one attached hydrogen (secondary N) is 1. The smallest absolute Gasteiger partial charge is 0.231 e. The number of anilines is 1. The number of carbonyl (C=O) groups excluding carboxylic acids is 2. The number of fused-ring (bicyclic) bond motifs is 1. The number of hydrogen-bond acceptors (Lipinski definition) is 5. The third-order valence-electron chi connectivity index (χ3n) is 5.75. The maximum atomic E-state index is 13.9. The van der Waals surface area contributed by atoms with Crippen molar-refractivity contribution in [3.05, 3.63) is 72.1 Å². The molecule has 0 saturated carbocycles. The molecular weight excluding hydrogens is 415 g/mol. The molecule has 3 aromatic rings. The number of carbonyl (C=O) groups is 2. The zero-order valence-corrected chi connectivity index (χ0v) is 17.3. The number of nitrogens with zero attached hydrogens (tertiary/aromatic N) is 3. The summed E-state index contributed by atoms with van der Waals surface area (Å²) in [5, 5.41) is 2.97. The van der Waals surface area contributed by atoms with Gasteiger partial charge < -0.3 is 24.3 Å². The summed E-state index contributed by atoms with van der Waals surface area (Å²) in [6, 6.07) is 10.7. The first-order valence-electron chi connectivity index (χ1n) is 10.2. The number of benzene rings is 2. The van der Waals surface area contributed by atoms with Gasteiger partial charge in [0.2, 0.25) is 18.6 Å². The molecule has 0 unspecified atom stereocenters. The topological polar surface area (TPSA) is 85.7 Å². The third kappa shape index (κ3) is 3.66. The van der Waals surface area contributed by atoms with E-state index in [0.717, 1.165) is 0 Å². The Morgan fingerprint density at radius 2 is 2.06 bits per heavy atom. The van der Waals surface area contributed by atoms with Crippen molar-refractivity contribution in [1.82, 2.24) is 14.9 Å². The Labute approximate surface area is 183 Å². The van der Waals surface area contributed by atoms with Crippen molar-refractivity contribution < 1.29 is 23.5 Å². The van der Waals surface area contributed by atoms with E-state index in [1.807, 2.05) is 0 Å². The SMILES string of the molecule is Cn1ccnc1[C@H](NC(=O)[C@@H]1CC(=O)N(c2ccc3c(c2)OCO3)C1)c1cccc(F)c1. The Balaban J connectivity index is 1.36. The highest BCUT2D eigenvalue weighted by Gasteiger charge is 2.37. The molecule has 0 spiro atoms. The number of amides is 2. The Morgan fingerprint density at radius 1 is 1.22 bits per heavy atom. The monoisotopic (exact) mass is 436 g/mol. The van der Waals surface area contributed by atoms with Crippen LogP contribution in [0.3, 0.4) is 0 Å². The Bertz CT molecular complexity index is 1190. The maximum Gasteiger partial charge on any atom is 0.231 e. The molecule has 0 bridgehead atoms. The number of aryl methyl sites for hydroxylation is 1. The molecule has 2 amide bonds. The number of ether oxygens (including phenoxy) is 2. The summed E-state index contributed by atoms with van der Waals surface area (Å²) in [7, 11) is 1.81. The first-order valence-corrected chi connectivity index (χ1v) is 10.2. The van der Waals surface area contributed by atoms with Gasteiger partial charge in [0.1, 0.15) is 17.7 Å². The molecule has 164 valence electrons. The van der Waals surface area contributed by atoms with Crippen LogP contribution in [-0.2, 0) is 16.6 Å². The minimum atomic E-state index is -0.645. The predicted octanol–water partition coefficient (Wildman–Crippen LogP) is 2.55. The van der Waals surface area contributed by atoms with E-state index in [1.54, 1.807) is 59.2 Å². The zero-order valence-electron chi connectivity index (χ0n) is 17.3. The molecule has 8 nitrogen and oxygen atoms in total. The first kappa shape index (κ1) is 20.0. The van der Waals surface area contributed by atoms with Crippen LogP contribution in [0.15, 0.2) is 54.9 Å². The molecule has 2 aliphatic rings. The normalized spacial score (nSPS) is 18.1. The second-order valence-electron chi connectivity index (χ2n) is 7.84. The predicted molar refractivity (Wildman–Crippen MR) is 113 cm³/mol. The molecule has 5 rings (SSSR count). The molecule has 2 aromatic carbocycles. The van der Waals surface area contributed by atoms with Crippen LogP contribution in [0.5, 0.6) is 11.5 Å². The largest absolute Gasteiger partial charge is 0.454 e. The summed E-state index contributed by atoms with van der Waals surface area (Å²) in [6.07, 6.45) is 3.46. The van der Waals surface area contributed by atoms with Gasteiger partial charge in [0.15, 0.2) is 11.5 Å². The lowest BCUT2D eigenvalue weighted by Crippen LogP contribution is -2.37. The second kappa shape index (κ2) is 7.99. The van der Waals surface area contributed by atoms with Gasteiger partial charge in [-0.3, -0.25) is 9.59 Å². The number of imidazole rings is 1. The Morgan fingerprint density at radius 3 is 2.84 bits per heavy atom. The van der Waals surface area contributed by atoms with Crippen LogP contribution in [0.1, 0.15) is 23.9 Å². The second-order valence-corrected chi connectivity index (χ2v) is 7.84. The van der Waals surface area contributed by atoms with Gasteiger partial charge in [0, 0.05) is 44.2 Å². The molecule has 3 heterocycles. The Kier molecular flexibility index (Phi) is 5.01. The molecular formula is C23H21FN4O4. The molecule has 2 aliphatic heterocycles. The Hall–Kier alpha value is -3.88. The third-order valence-corrected chi connectivity index (χ3v) is 5.75. The standard InChI is InChI=1S/C23H21FN4O4/c1-27-8-7-25-22(27)21(14-3-2-4-16(24)9-14)26-23(30)15-10-20(29)28(12-15)17-5-6-18-19(11-17)32-13-31-18/h2-9,11,15,21H,10,12-13H2,1H3,(H,26,30)/t15-,21-/m1/s1. The van der Waals surface area contributed by atoms with Gasteiger partial charge in [-0.05, 0) is 29.8 Å². The van der Waals surface area contributed by atoms with Gasteiger partial charge in [0.25, 0.3) is 0 Å². The van der Waals surface area contributed by atoms with E-state index in [4.69, 9.17) is 9.47 Å². The lowest BCUT2D eigenvalue weighted by molar-refractivity contribution is -0.126. The molecule has 1 N–H and O–H groups in total. The van der Waals surface area contributed by atoms with Crippen LogP contribution in [-0.4, -0.2) is 34.7 Å². The van der Waals surface area contributed by atoms with Crippen LogP contribution in [0, 0.1) is 11.7 Å². The highest BCUT2D eigenvalue weighted by molar-refractivity contribution is 6.00. The van der Waals surface area contributed by atoms with Gasteiger partial charge in [-0.15, -0.1) is 0 Å². The minimum absolute atomic E-state index is 0.0801. The van der Waals surface area contributed by atoms with Crippen LogP contribution in [0.25, 0.3) is 0 Å². The van der Waals surface area contributed by atoms with Gasteiger partial charge in [-0.1, -0.05) is 12.1 Å². The molecule has 0 aliphatic carbocycles. The lowest BCUT2D eigenvalue weighted by atomic mass is 10.0. The van der Waals surface area contributed by atoms with Gasteiger partial charge in [-0.2, -0.15) is 0 Å². The fourth-order valence-electron chi connectivity index (χ4n) is 4.08. The molecule has 0 radical (unpaired) electrons. The van der Waals surface area contributed by atoms with Crippen LogP contribution in [0.4, 0.5) is 10.1 Å². The molecule has 2 atom stereocenters. The number of halogens is 1. The molecule has 32 heavy (non-hydrogen) atoms. The summed E-state index contributed by atoms with van der Waals surface area (Å²) in [5.74, 6) is 0.375. The van der Waals surface area contributed by atoms with Gasteiger partial charge in [-0.25, -0.2) is 9.37 Å².